The number of hydrogen-bond donors (Lipinski definition) is 5. The lowest BCUT2D eigenvalue weighted by Gasteiger charge is -2.34. The Labute approximate surface area is 235 Å². The molecule has 0 aromatic carbocycles. The van der Waals surface area contributed by atoms with Gasteiger partial charge in [0.25, 0.3) is 10.2 Å². The molecule has 1 heterocycles. The van der Waals surface area contributed by atoms with Crippen LogP contribution in [0.3, 0.4) is 0 Å². The van der Waals surface area contributed by atoms with E-state index in [0.29, 0.717) is 24.7 Å². The number of carbonyl (C=O) groups excluding carboxylic acids is 2. The smallest absolute Gasteiger partial charge is 0.355 e. The summed E-state index contributed by atoms with van der Waals surface area (Å²) in [6.45, 7) is 10.4. The quantitative estimate of drug-likeness (QED) is 0.135. The number of nitrogens with one attached hydrogen (secondary N) is 3. The molecule has 39 heavy (non-hydrogen) atoms. The largest absolute Gasteiger partial charge is 0.409 e. The Morgan fingerprint density at radius 3 is 2.26 bits per heavy atom. The van der Waals surface area contributed by atoms with Crippen molar-refractivity contribution in [3.05, 3.63) is 12.7 Å². The fourth-order valence-electron chi connectivity index (χ4n) is 5.10. The molecule has 0 bridgehead atoms. The lowest BCUT2D eigenvalue weighted by Crippen LogP contribution is -2.62. The van der Waals surface area contributed by atoms with Crippen molar-refractivity contribution < 1.29 is 32.3 Å². The highest BCUT2D eigenvalue weighted by Crippen LogP contribution is 2.30. The maximum atomic E-state index is 13.4. The van der Waals surface area contributed by atoms with Gasteiger partial charge in [-0.1, -0.05) is 59.0 Å². The minimum atomic E-state index is -3.91. The van der Waals surface area contributed by atoms with Crippen LogP contribution in [0.5, 0.6) is 0 Å². The van der Waals surface area contributed by atoms with Crippen LogP contribution in [-0.2, 0) is 24.5 Å². The molecule has 0 aromatic heterocycles. The van der Waals surface area contributed by atoms with Gasteiger partial charge in [0.1, 0.15) is 12.1 Å². The van der Waals surface area contributed by atoms with Crippen molar-refractivity contribution in [3.63, 3.8) is 0 Å². The first-order valence-corrected chi connectivity index (χ1v) is 18.0. The summed E-state index contributed by atoms with van der Waals surface area (Å²) in [6, 6.07) is -1.85. The molecule has 1 aliphatic heterocycles. The highest BCUT2D eigenvalue weighted by molar-refractivity contribution is 7.87. The monoisotopic (exact) mass is 590 g/mol. The Morgan fingerprint density at radius 2 is 1.69 bits per heavy atom. The van der Waals surface area contributed by atoms with Crippen molar-refractivity contribution in [2.75, 3.05) is 26.3 Å². The van der Waals surface area contributed by atoms with E-state index in [9.17, 15) is 27.6 Å². The summed E-state index contributed by atoms with van der Waals surface area (Å²) in [5.74, 6) is -0.557. The lowest BCUT2D eigenvalue weighted by atomic mass is 9.87. The van der Waals surface area contributed by atoms with Crippen LogP contribution in [0.1, 0.15) is 78.6 Å². The Hall–Kier alpha value is -1.35. The van der Waals surface area contributed by atoms with Gasteiger partial charge in [-0.3, -0.25) is 9.59 Å². The van der Waals surface area contributed by atoms with Crippen LogP contribution in [0, 0.1) is 11.8 Å². The molecule has 11 nitrogen and oxygen atoms in total. The second-order valence-electron chi connectivity index (χ2n) is 11.3. The summed E-state index contributed by atoms with van der Waals surface area (Å²) >= 11 is 0. The van der Waals surface area contributed by atoms with Gasteiger partial charge in [0, 0.05) is 13.1 Å². The molecule has 0 aromatic rings. The van der Waals surface area contributed by atoms with E-state index >= 15 is 0 Å². The van der Waals surface area contributed by atoms with Gasteiger partial charge in [0.2, 0.25) is 11.8 Å². The molecule has 2 fully saturated rings. The fraction of sp³-hybridized carbons (Fsp3) is 0.846. The molecule has 226 valence electrons. The first kappa shape index (κ1) is 33.9. The van der Waals surface area contributed by atoms with Crippen LogP contribution in [0.2, 0.25) is 6.04 Å². The average Bonchev–Trinajstić information content (AvgIpc) is 2.91. The van der Waals surface area contributed by atoms with Gasteiger partial charge < -0.3 is 25.0 Å². The van der Waals surface area contributed by atoms with E-state index in [4.69, 9.17) is 4.74 Å². The Kier molecular flexibility index (Phi) is 14.0. The number of morpholine rings is 1. The zero-order valence-corrected chi connectivity index (χ0v) is 25.7. The summed E-state index contributed by atoms with van der Waals surface area (Å²) < 4.78 is 34.5. The third kappa shape index (κ3) is 11.2. The van der Waals surface area contributed by atoms with Gasteiger partial charge in [-0.2, -0.15) is 17.4 Å². The van der Waals surface area contributed by atoms with Crippen LogP contribution in [0.25, 0.3) is 0 Å². The number of ether oxygens (including phenoxy) is 1. The second kappa shape index (κ2) is 16.2. The minimum Gasteiger partial charge on any atom is -0.409 e. The molecule has 3 unspecified atom stereocenters. The Balaban J connectivity index is 2.12. The molecule has 13 heteroatoms. The second-order valence-corrected chi connectivity index (χ2v) is 15.9. The van der Waals surface area contributed by atoms with E-state index in [1.807, 2.05) is 13.8 Å². The highest BCUT2D eigenvalue weighted by Gasteiger charge is 2.42. The van der Waals surface area contributed by atoms with Crippen molar-refractivity contribution in [1.82, 2.24) is 19.7 Å². The van der Waals surface area contributed by atoms with Crippen molar-refractivity contribution in [2.24, 2.45) is 11.8 Å². The van der Waals surface area contributed by atoms with Crippen molar-refractivity contribution >= 4 is 30.6 Å². The normalized spacial score (nSPS) is 20.3. The summed E-state index contributed by atoms with van der Waals surface area (Å²) in [7, 11) is -7.72. The van der Waals surface area contributed by atoms with Gasteiger partial charge in [0.05, 0.1) is 18.9 Å². The average molecular weight is 591 g/mol. The zero-order valence-electron chi connectivity index (χ0n) is 23.9. The van der Waals surface area contributed by atoms with E-state index in [0.717, 1.165) is 25.7 Å². The maximum Gasteiger partial charge on any atom is 0.355 e. The standard InChI is InChI=1S/C26H50N4O7SSi/c1-5-10-23(27-25(31)22(6-2)29-38(33,34)30-14-16-37-17-15-30)26(32)28-24(19-21-11-8-7-9-12-21)39(35,36)18-13-20(3)4/h5,20-24,29,35-36H,1,6-19H2,2-4H3,(H,27,31)(H,28,32). The molecule has 1 aliphatic carbocycles. The molecule has 0 spiro atoms. The van der Waals surface area contributed by atoms with E-state index in [1.54, 1.807) is 6.92 Å². The number of nitrogens with zero attached hydrogens (tertiary/aromatic N) is 1. The van der Waals surface area contributed by atoms with Gasteiger partial charge in [-0.25, -0.2) is 0 Å². The van der Waals surface area contributed by atoms with E-state index in [2.05, 4.69) is 21.9 Å². The molecule has 0 radical (unpaired) electrons. The summed E-state index contributed by atoms with van der Waals surface area (Å²) in [6.07, 6.45) is 8.28. The fourth-order valence-corrected chi connectivity index (χ4v) is 8.95. The summed E-state index contributed by atoms with van der Waals surface area (Å²) in [5.41, 5.74) is -0.766. The predicted molar refractivity (Wildman–Crippen MR) is 153 cm³/mol. The molecule has 3 atom stereocenters. The number of carbonyl (C=O) groups is 2. The van der Waals surface area contributed by atoms with Crippen LogP contribution in [-0.4, -0.2) is 86.7 Å². The highest BCUT2D eigenvalue weighted by atomic mass is 32.2. The number of hydrogen-bond acceptors (Lipinski definition) is 7. The van der Waals surface area contributed by atoms with Crippen molar-refractivity contribution in [3.8, 4) is 0 Å². The lowest BCUT2D eigenvalue weighted by molar-refractivity contribution is -0.130. The molecular formula is C26H50N4O7SSi. The van der Waals surface area contributed by atoms with E-state index in [-0.39, 0.29) is 45.2 Å². The Morgan fingerprint density at radius 1 is 1.08 bits per heavy atom. The van der Waals surface area contributed by atoms with Gasteiger partial charge in [-0.05, 0) is 43.6 Å². The molecule has 2 aliphatic rings. The molecule has 1 saturated carbocycles. The number of amides is 2. The minimum absolute atomic E-state index is 0.109. The SMILES string of the molecule is C=CCC(NC(=O)C(CC)NS(=O)(=O)N1CCOCC1)C(=O)NC(CC1CCCCC1)[Si](O)(O)CCC(C)C. The van der Waals surface area contributed by atoms with Crippen LogP contribution in [0.4, 0.5) is 0 Å². The maximum absolute atomic E-state index is 13.4. The molecule has 5 N–H and O–H groups in total. The Bertz CT molecular complexity index is 891. The first-order valence-electron chi connectivity index (χ1n) is 14.4. The molecule has 1 saturated heterocycles. The predicted octanol–water partition coefficient (Wildman–Crippen LogP) is 1.46. The topological polar surface area (TPSA) is 157 Å². The third-order valence-electron chi connectivity index (χ3n) is 7.62. The molecule has 2 amide bonds. The molecular weight excluding hydrogens is 540 g/mol. The van der Waals surface area contributed by atoms with Crippen molar-refractivity contribution in [2.45, 2.75) is 102 Å². The molecule has 2 rings (SSSR count). The summed E-state index contributed by atoms with van der Waals surface area (Å²) in [5, 5.41) is 5.54. The van der Waals surface area contributed by atoms with E-state index < -0.39 is 48.3 Å². The van der Waals surface area contributed by atoms with Crippen LogP contribution >= 0.6 is 0 Å². The van der Waals surface area contributed by atoms with Gasteiger partial charge in [-0.15, -0.1) is 6.58 Å². The number of rotatable bonds is 16. The van der Waals surface area contributed by atoms with Crippen molar-refractivity contribution in [1.29, 1.82) is 0 Å². The first-order chi connectivity index (χ1) is 18.4. The van der Waals surface area contributed by atoms with Crippen LogP contribution in [0.15, 0.2) is 12.7 Å². The van der Waals surface area contributed by atoms with Gasteiger partial charge in [0.15, 0.2) is 0 Å². The van der Waals surface area contributed by atoms with E-state index in [1.165, 1.54) is 16.8 Å². The van der Waals surface area contributed by atoms with Gasteiger partial charge >= 0.3 is 8.56 Å². The zero-order chi connectivity index (χ0) is 29.1. The summed E-state index contributed by atoms with van der Waals surface area (Å²) in [4.78, 5) is 48.8. The third-order valence-corrected chi connectivity index (χ3v) is 11.8. The van der Waals surface area contributed by atoms with Crippen LogP contribution < -0.4 is 15.4 Å².